The SMILES string of the molecule is CC(C)=C1CCC(C(=O)NC(I)Cc2ccccc2)CC1. The fourth-order valence-electron chi connectivity index (χ4n) is 2.87. The summed E-state index contributed by atoms with van der Waals surface area (Å²) in [6.07, 6.45) is 5.07. The van der Waals surface area contributed by atoms with Gasteiger partial charge < -0.3 is 5.32 Å². The smallest absolute Gasteiger partial charge is 0.223 e. The zero-order chi connectivity index (χ0) is 15.2. The quantitative estimate of drug-likeness (QED) is 0.341. The van der Waals surface area contributed by atoms with E-state index in [1.807, 2.05) is 18.2 Å². The Hall–Kier alpha value is -0.840. The van der Waals surface area contributed by atoms with Gasteiger partial charge in [0.1, 0.15) is 0 Å². The molecule has 2 nitrogen and oxygen atoms in total. The first-order valence-electron chi connectivity index (χ1n) is 7.70. The van der Waals surface area contributed by atoms with Crippen LogP contribution in [0.2, 0.25) is 0 Å². The third-order valence-electron chi connectivity index (χ3n) is 4.22. The van der Waals surface area contributed by atoms with Crippen molar-refractivity contribution in [2.24, 2.45) is 5.92 Å². The summed E-state index contributed by atoms with van der Waals surface area (Å²) in [4.78, 5) is 12.3. The number of carbonyl (C=O) groups excluding carboxylic acids is 1. The number of hydrogen-bond donors (Lipinski definition) is 1. The van der Waals surface area contributed by atoms with Crippen molar-refractivity contribution in [3.05, 3.63) is 47.0 Å². The van der Waals surface area contributed by atoms with Crippen LogP contribution in [-0.4, -0.2) is 9.96 Å². The van der Waals surface area contributed by atoms with Crippen molar-refractivity contribution in [1.29, 1.82) is 0 Å². The fourth-order valence-corrected chi connectivity index (χ4v) is 3.69. The second-order valence-corrected chi connectivity index (χ2v) is 7.55. The van der Waals surface area contributed by atoms with E-state index in [9.17, 15) is 4.79 Å². The highest BCUT2D eigenvalue weighted by Gasteiger charge is 2.24. The van der Waals surface area contributed by atoms with Crippen molar-refractivity contribution in [3.8, 4) is 0 Å². The van der Waals surface area contributed by atoms with E-state index >= 15 is 0 Å². The summed E-state index contributed by atoms with van der Waals surface area (Å²) in [7, 11) is 0. The molecule has 0 aliphatic heterocycles. The maximum atomic E-state index is 12.3. The summed E-state index contributed by atoms with van der Waals surface area (Å²) in [5.41, 5.74) is 4.26. The Balaban J connectivity index is 1.81. The minimum atomic E-state index is 0.169. The van der Waals surface area contributed by atoms with Gasteiger partial charge in [0, 0.05) is 12.3 Å². The highest BCUT2D eigenvalue weighted by molar-refractivity contribution is 14.1. The number of rotatable bonds is 4. The zero-order valence-electron chi connectivity index (χ0n) is 12.9. The van der Waals surface area contributed by atoms with E-state index in [1.54, 1.807) is 5.57 Å². The van der Waals surface area contributed by atoms with Crippen molar-refractivity contribution in [1.82, 2.24) is 5.32 Å². The number of hydrogen-bond acceptors (Lipinski definition) is 1. The van der Waals surface area contributed by atoms with Crippen LogP contribution < -0.4 is 5.32 Å². The van der Waals surface area contributed by atoms with Crippen molar-refractivity contribution in [2.45, 2.75) is 50.0 Å². The van der Waals surface area contributed by atoms with Crippen LogP contribution in [0.3, 0.4) is 0 Å². The van der Waals surface area contributed by atoms with Crippen LogP contribution in [0.25, 0.3) is 0 Å². The van der Waals surface area contributed by atoms with E-state index < -0.39 is 0 Å². The van der Waals surface area contributed by atoms with Gasteiger partial charge in [-0.25, -0.2) is 0 Å². The zero-order valence-corrected chi connectivity index (χ0v) is 15.0. The van der Waals surface area contributed by atoms with Crippen LogP contribution in [0, 0.1) is 5.92 Å². The molecule has 1 amide bonds. The number of allylic oxidation sites excluding steroid dienone is 2. The lowest BCUT2D eigenvalue weighted by molar-refractivity contribution is -0.125. The lowest BCUT2D eigenvalue weighted by Crippen LogP contribution is -2.37. The Morgan fingerprint density at radius 3 is 2.43 bits per heavy atom. The van der Waals surface area contributed by atoms with Gasteiger partial charge in [0.15, 0.2) is 0 Å². The first-order valence-corrected chi connectivity index (χ1v) is 8.94. The molecule has 1 atom stereocenters. The lowest BCUT2D eigenvalue weighted by atomic mass is 9.83. The minimum absolute atomic E-state index is 0.169. The van der Waals surface area contributed by atoms with Gasteiger partial charge in [-0.3, -0.25) is 4.79 Å². The molecule has 1 fully saturated rings. The van der Waals surface area contributed by atoms with E-state index in [1.165, 1.54) is 11.1 Å². The van der Waals surface area contributed by atoms with E-state index in [-0.39, 0.29) is 15.9 Å². The van der Waals surface area contributed by atoms with Crippen molar-refractivity contribution in [3.63, 3.8) is 0 Å². The molecular weight excluding hydrogens is 373 g/mol. The first kappa shape index (κ1) is 16.5. The van der Waals surface area contributed by atoms with Gasteiger partial charge >= 0.3 is 0 Å². The molecule has 1 unspecified atom stereocenters. The maximum absolute atomic E-state index is 12.3. The van der Waals surface area contributed by atoms with Gasteiger partial charge in [-0.2, -0.15) is 0 Å². The Bertz CT molecular complexity index is 495. The fraction of sp³-hybridized carbons (Fsp3) is 0.500. The predicted molar refractivity (Wildman–Crippen MR) is 96.4 cm³/mol. The van der Waals surface area contributed by atoms with Gasteiger partial charge in [-0.15, -0.1) is 0 Å². The molecule has 1 saturated carbocycles. The van der Waals surface area contributed by atoms with Crippen LogP contribution in [-0.2, 0) is 11.2 Å². The standard InChI is InChI=1S/C18H24INO/c1-13(2)15-8-10-16(11-9-15)18(21)20-17(19)12-14-6-4-3-5-7-14/h3-7,16-17H,8-12H2,1-2H3,(H,20,21). The molecule has 0 spiro atoms. The predicted octanol–water partition coefficient (Wildman–Crippen LogP) is 4.63. The Morgan fingerprint density at radius 1 is 1.24 bits per heavy atom. The van der Waals surface area contributed by atoms with Crippen molar-refractivity contribution in [2.75, 3.05) is 0 Å². The van der Waals surface area contributed by atoms with E-state index in [0.29, 0.717) is 0 Å². The normalized spacial score (nSPS) is 20.0. The average molecular weight is 397 g/mol. The number of carbonyl (C=O) groups is 1. The molecule has 0 aromatic heterocycles. The molecule has 1 N–H and O–H groups in total. The molecule has 0 radical (unpaired) electrons. The van der Waals surface area contributed by atoms with Gasteiger partial charge in [0.2, 0.25) is 5.91 Å². The minimum Gasteiger partial charge on any atom is -0.344 e. The van der Waals surface area contributed by atoms with E-state index in [0.717, 1.165) is 32.1 Å². The highest BCUT2D eigenvalue weighted by Crippen LogP contribution is 2.30. The van der Waals surface area contributed by atoms with Gasteiger partial charge in [-0.05, 0) is 45.1 Å². The Morgan fingerprint density at radius 2 is 1.86 bits per heavy atom. The molecule has 1 aromatic carbocycles. The Labute approximate surface area is 141 Å². The summed E-state index contributed by atoms with van der Waals surface area (Å²) < 4.78 is 0.169. The van der Waals surface area contributed by atoms with Gasteiger partial charge in [0.25, 0.3) is 0 Å². The van der Waals surface area contributed by atoms with E-state index in [2.05, 4.69) is 53.9 Å². The van der Waals surface area contributed by atoms with Gasteiger partial charge in [-0.1, -0.05) is 64.1 Å². The number of halogens is 1. The van der Waals surface area contributed by atoms with Crippen LogP contribution in [0.1, 0.15) is 45.1 Å². The number of alkyl halides is 1. The second kappa shape index (κ2) is 7.97. The molecule has 0 bridgehead atoms. The highest BCUT2D eigenvalue weighted by atomic mass is 127. The maximum Gasteiger partial charge on any atom is 0.223 e. The van der Waals surface area contributed by atoms with E-state index in [4.69, 9.17) is 0 Å². The first-order chi connectivity index (χ1) is 10.1. The van der Waals surface area contributed by atoms with Crippen LogP contribution >= 0.6 is 22.6 Å². The molecule has 2 rings (SSSR count). The molecule has 1 aromatic rings. The van der Waals surface area contributed by atoms with Crippen LogP contribution in [0.15, 0.2) is 41.5 Å². The summed E-state index contributed by atoms with van der Waals surface area (Å²) in [6.45, 7) is 4.35. The molecule has 114 valence electrons. The second-order valence-electron chi connectivity index (χ2n) is 6.04. The number of nitrogens with one attached hydrogen (secondary N) is 1. The summed E-state index contributed by atoms with van der Waals surface area (Å²) in [6, 6.07) is 10.3. The molecule has 1 aliphatic rings. The average Bonchev–Trinajstić information content (AvgIpc) is 2.48. The molecule has 0 heterocycles. The van der Waals surface area contributed by atoms with Crippen LogP contribution in [0.5, 0.6) is 0 Å². The summed E-state index contributed by atoms with van der Waals surface area (Å²) in [5.74, 6) is 0.430. The molecule has 21 heavy (non-hydrogen) atoms. The Kier molecular flexibility index (Phi) is 6.27. The molecule has 1 aliphatic carbocycles. The third kappa shape index (κ3) is 5.13. The van der Waals surface area contributed by atoms with Crippen molar-refractivity contribution >= 4 is 28.5 Å². The molecule has 0 saturated heterocycles. The number of benzene rings is 1. The monoisotopic (exact) mass is 397 g/mol. The third-order valence-corrected chi connectivity index (χ3v) is 4.98. The summed E-state index contributed by atoms with van der Waals surface area (Å²) >= 11 is 2.33. The van der Waals surface area contributed by atoms with Gasteiger partial charge in [0.05, 0.1) is 4.05 Å². The molecule has 3 heteroatoms. The van der Waals surface area contributed by atoms with Crippen molar-refractivity contribution < 1.29 is 4.79 Å². The lowest BCUT2D eigenvalue weighted by Gasteiger charge is -2.25. The number of amides is 1. The van der Waals surface area contributed by atoms with Crippen LogP contribution in [0.4, 0.5) is 0 Å². The molecular formula is C18H24INO. The topological polar surface area (TPSA) is 29.1 Å². The summed E-state index contributed by atoms with van der Waals surface area (Å²) in [5, 5.41) is 3.17. The largest absolute Gasteiger partial charge is 0.344 e.